The largest absolute Gasteiger partial charge is 0.497 e. The lowest BCUT2D eigenvalue weighted by molar-refractivity contribution is 0.411. The van der Waals surface area contributed by atoms with Gasteiger partial charge in [-0.3, -0.25) is 0 Å². The van der Waals surface area contributed by atoms with Gasteiger partial charge in [-0.05, 0) is 55.5 Å². The third-order valence-corrected chi connectivity index (χ3v) is 3.32. The number of nitrogens with one attached hydrogen (secondary N) is 1. The van der Waals surface area contributed by atoms with E-state index in [1.54, 1.807) is 7.11 Å². The molecular weight excluding hydrogens is 234 g/mol. The van der Waals surface area contributed by atoms with Crippen LogP contribution in [0.15, 0.2) is 18.2 Å². The molecule has 1 atom stereocenters. The molecule has 0 aliphatic heterocycles. The lowest BCUT2D eigenvalue weighted by Gasteiger charge is -2.25. The second-order valence-electron chi connectivity index (χ2n) is 4.53. The summed E-state index contributed by atoms with van der Waals surface area (Å²) < 4.78 is 5.26. The molecule has 1 unspecified atom stereocenters. The molecule has 0 amide bonds. The van der Waals surface area contributed by atoms with E-state index in [0.717, 1.165) is 12.3 Å². The van der Waals surface area contributed by atoms with Crippen LogP contribution in [0.1, 0.15) is 30.9 Å². The first kappa shape index (κ1) is 14.3. The smallest absolute Gasteiger partial charge is 0.119 e. The monoisotopic (exact) mass is 255 g/mol. The number of benzene rings is 1. The lowest BCUT2D eigenvalue weighted by Crippen LogP contribution is -2.34. The summed E-state index contributed by atoms with van der Waals surface area (Å²) in [6, 6.07) is 7.14. The van der Waals surface area contributed by atoms with Gasteiger partial charge in [-0.1, -0.05) is 13.0 Å². The molecule has 1 aliphatic carbocycles. The zero-order chi connectivity index (χ0) is 11.4. The van der Waals surface area contributed by atoms with Crippen molar-refractivity contribution >= 4 is 12.4 Å². The molecule has 0 spiro atoms. The van der Waals surface area contributed by atoms with Crippen molar-refractivity contribution in [2.24, 2.45) is 0 Å². The zero-order valence-electron chi connectivity index (χ0n) is 10.7. The van der Waals surface area contributed by atoms with Gasteiger partial charge >= 0.3 is 0 Å². The number of aryl methyl sites for hydroxylation is 1. The van der Waals surface area contributed by atoms with E-state index in [0.29, 0.717) is 6.04 Å². The molecule has 3 heteroatoms. The topological polar surface area (TPSA) is 21.3 Å². The molecule has 17 heavy (non-hydrogen) atoms. The van der Waals surface area contributed by atoms with E-state index in [9.17, 15) is 0 Å². The van der Waals surface area contributed by atoms with Gasteiger partial charge in [-0.15, -0.1) is 12.4 Å². The lowest BCUT2D eigenvalue weighted by atomic mass is 9.88. The molecule has 1 aromatic rings. The second-order valence-corrected chi connectivity index (χ2v) is 4.53. The Morgan fingerprint density at radius 1 is 1.35 bits per heavy atom. The first-order valence-electron chi connectivity index (χ1n) is 6.22. The van der Waals surface area contributed by atoms with Gasteiger partial charge in [-0.2, -0.15) is 0 Å². The Labute approximate surface area is 110 Å². The number of methoxy groups -OCH3 is 1. The third-order valence-electron chi connectivity index (χ3n) is 3.32. The summed E-state index contributed by atoms with van der Waals surface area (Å²) in [7, 11) is 1.73. The molecule has 0 aromatic heterocycles. The van der Waals surface area contributed by atoms with Gasteiger partial charge in [0.25, 0.3) is 0 Å². The summed E-state index contributed by atoms with van der Waals surface area (Å²) in [6.07, 6.45) is 4.80. The SMILES string of the molecule is CCCNC1CCc2cc(OC)ccc2C1.Cl. The van der Waals surface area contributed by atoms with E-state index in [1.165, 1.54) is 36.8 Å². The number of rotatable bonds is 4. The number of hydrogen-bond donors (Lipinski definition) is 1. The molecule has 0 heterocycles. The minimum Gasteiger partial charge on any atom is -0.497 e. The summed E-state index contributed by atoms with van der Waals surface area (Å²) in [5, 5.41) is 3.61. The van der Waals surface area contributed by atoms with Crippen LogP contribution in [0.25, 0.3) is 0 Å². The van der Waals surface area contributed by atoms with E-state index >= 15 is 0 Å². The van der Waals surface area contributed by atoms with Gasteiger partial charge in [0.15, 0.2) is 0 Å². The molecule has 1 aliphatic rings. The summed E-state index contributed by atoms with van der Waals surface area (Å²) in [5.74, 6) is 0.985. The van der Waals surface area contributed by atoms with Crippen LogP contribution < -0.4 is 10.1 Å². The maximum absolute atomic E-state index is 5.26. The highest BCUT2D eigenvalue weighted by Gasteiger charge is 2.17. The minimum atomic E-state index is 0. The van der Waals surface area contributed by atoms with E-state index in [4.69, 9.17) is 4.74 Å². The van der Waals surface area contributed by atoms with Crippen LogP contribution >= 0.6 is 12.4 Å². The summed E-state index contributed by atoms with van der Waals surface area (Å²) in [5.41, 5.74) is 2.95. The van der Waals surface area contributed by atoms with Crippen LogP contribution in [0.5, 0.6) is 5.75 Å². The Kier molecular flexibility index (Phi) is 5.79. The predicted octanol–water partition coefficient (Wildman–Crippen LogP) is 2.97. The Morgan fingerprint density at radius 3 is 2.88 bits per heavy atom. The van der Waals surface area contributed by atoms with Crippen molar-refractivity contribution in [3.05, 3.63) is 29.3 Å². The Bertz CT molecular complexity index is 354. The fourth-order valence-electron chi connectivity index (χ4n) is 2.38. The van der Waals surface area contributed by atoms with E-state index in [-0.39, 0.29) is 12.4 Å². The summed E-state index contributed by atoms with van der Waals surface area (Å²) in [4.78, 5) is 0. The van der Waals surface area contributed by atoms with Crippen molar-refractivity contribution in [2.45, 2.75) is 38.6 Å². The van der Waals surface area contributed by atoms with Crippen molar-refractivity contribution in [2.75, 3.05) is 13.7 Å². The molecule has 1 aromatic carbocycles. The van der Waals surface area contributed by atoms with Crippen LogP contribution in [-0.2, 0) is 12.8 Å². The highest BCUT2D eigenvalue weighted by Crippen LogP contribution is 2.25. The van der Waals surface area contributed by atoms with Crippen molar-refractivity contribution in [1.29, 1.82) is 0 Å². The first-order chi connectivity index (χ1) is 7.83. The van der Waals surface area contributed by atoms with Gasteiger partial charge in [0, 0.05) is 6.04 Å². The quantitative estimate of drug-likeness (QED) is 0.893. The van der Waals surface area contributed by atoms with Gasteiger partial charge < -0.3 is 10.1 Å². The Hall–Kier alpha value is -0.730. The van der Waals surface area contributed by atoms with Crippen LogP contribution in [0, 0.1) is 0 Å². The van der Waals surface area contributed by atoms with Crippen LogP contribution in [0.4, 0.5) is 0 Å². The molecule has 1 N–H and O–H groups in total. The maximum Gasteiger partial charge on any atom is 0.119 e. The molecule has 96 valence electrons. The maximum atomic E-state index is 5.26. The normalized spacial score (nSPS) is 18.1. The van der Waals surface area contributed by atoms with Crippen molar-refractivity contribution in [1.82, 2.24) is 5.32 Å². The van der Waals surface area contributed by atoms with E-state index < -0.39 is 0 Å². The molecule has 0 bridgehead atoms. The number of ether oxygens (including phenoxy) is 1. The second kappa shape index (κ2) is 6.87. The Morgan fingerprint density at radius 2 is 2.18 bits per heavy atom. The number of fused-ring (bicyclic) bond motifs is 1. The number of hydrogen-bond acceptors (Lipinski definition) is 2. The van der Waals surface area contributed by atoms with Crippen molar-refractivity contribution in [3.63, 3.8) is 0 Å². The van der Waals surface area contributed by atoms with Crippen LogP contribution in [-0.4, -0.2) is 19.7 Å². The summed E-state index contributed by atoms with van der Waals surface area (Å²) >= 11 is 0. The molecule has 0 fully saturated rings. The van der Waals surface area contributed by atoms with Crippen molar-refractivity contribution in [3.8, 4) is 5.75 Å². The van der Waals surface area contributed by atoms with Gasteiger partial charge in [0.1, 0.15) is 5.75 Å². The minimum absolute atomic E-state index is 0. The van der Waals surface area contributed by atoms with Gasteiger partial charge in [0.05, 0.1) is 7.11 Å². The number of halogens is 1. The summed E-state index contributed by atoms with van der Waals surface area (Å²) in [6.45, 7) is 3.35. The first-order valence-corrected chi connectivity index (χ1v) is 6.22. The van der Waals surface area contributed by atoms with Gasteiger partial charge in [0.2, 0.25) is 0 Å². The van der Waals surface area contributed by atoms with E-state index in [1.807, 2.05) is 0 Å². The van der Waals surface area contributed by atoms with Crippen molar-refractivity contribution < 1.29 is 4.74 Å². The molecule has 0 radical (unpaired) electrons. The van der Waals surface area contributed by atoms with Gasteiger partial charge in [-0.25, -0.2) is 0 Å². The highest BCUT2D eigenvalue weighted by atomic mass is 35.5. The molecular formula is C14H22ClNO. The molecule has 2 rings (SSSR count). The predicted molar refractivity (Wildman–Crippen MR) is 74.3 cm³/mol. The average Bonchev–Trinajstić information content (AvgIpc) is 2.35. The highest BCUT2D eigenvalue weighted by molar-refractivity contribution is 5.85. The van der Waals surface area contributed by atoms with E-state index in [2.05, 4.69) is 30.4 Å². The Balaban J connectivity index is 0.00000144. The van der Waals surface area contributed by atoms with Crippen LogP contribution in [0.2, 0.25) is 0 Å². The fourth-order valence-corrected chi connectivity index (χ4v) is 2.38. The molecule has 0 saturated heterocycles. The molecule has 0 saturated carbocycles. The zero-order valence-corrected chi connectivity index (χ0v) is 11.5. The fraction of sp³-hybridized carbons (Fsp3) is 0.571. The average molecular weight is 256 g/mol. The molecule has 2 nitrogen and oxygen atoms in total. The van der Waals surface area contributed by atoms with Crippen LogP contribution in [0.3, 0.4) is 0 Å². The third kappa shape index (κ3) is 3.62. The standard InChI is InChI=1S/C14H21NO.ClH/c1-3-8-15-13-6-4-12-10-14(16-2)7-5-11(12)9-13;/h5,7,10,13,15H,3-4,6,8-9H2,1-2H3;1H.